The van der Waals surface area contributed by atoms with Gasteiger partial charge < -0.3 is 11.3 Å². The van der Waals surface area contributed by atoms with Crippen LogP contribution >= 0.6 is 0 Å². The van der Waals surface area contributed by atoms with Gasteiger partial charge in [0, 0.05) is 0 Å². The number of carbonyl (C=O) groups is 1. The molecule has 0 unspecified atom stereocenters. The molecule has 1 aromatic rings. The van der Waals surface area contributed by atoms with Crippen molar-refractivity contribution >= 4 is 16.4 Å². The lowest BCUT2D eigenvalue weighted by molar-refractivity contribution is 0.0697. The molecule has 1 rings (SSSR count). The summed E-state index contributed by atoms with van der Waals surface area (Å²) in [5.74, 6) is -0.879. The van der Waals surface area contributed by atoms with E-state index in [1.165, 1.54) is 0 Å². The Hall–Kier alpha value is -1.48. The molecule has 1 aromatic carbocycles. The van der Waals surface area contributed by atoms with Gasteiger partial charge >= 0.3 is 16.4 Å². The van der Waals surface area contributed by atoms with E-state index in [0.29, 0.717) is 5.56 Å². The normalized spacial score (nSPS) is 9.20. The summed E-state index contributed by atoms with van der Waals surface area (Å²) in [5.41, 5.74) is 0.331. The molecule has 0 aliphatic carbocycles. The number of carboxylic acid groups (broad SMARTS) is 1. The van der Waals surface area contributed by atoms with Crippen LogP contribution in [0.2, 0.25) is 0 Å². The van der Waals surface area contributed by atoms with Crippen molar-refractivity contribution in [3.8, 4) is 0 Å². The zero-order chi connectivity index (χ0) is 11.2. The SMILES string of the molecule is N.O=C(O)c1ccccc1.O=S(=O)(O)O. The maximum atomic E-state index is 10.2. The predicted octanol–water partition coefficient (Wildman–Crippen LogP) is 0.894. The van der Waals surface area contributed by atoms with Crippen LogP contribution < -0.4 is 6.15 Å². The Morgan fingerprint density at radius 3 is 1.60 bits per heavy atom. The second-order valence-corrected chi connectivity index (χ2v) is 3.01. The number of rotatable bonds is 1. The molecule has 0 saturated carbocycles. The van der Waals surface area contributed by atoms with Gasteiger partial charge in [-0.2, -0.15) is 8.42 Å². The number of aromatic carboxylic acids is 1. The quantitative estimate of drug-likeness (QED) is 0.530. The second kappa shape index (κ2) is 6.90. The predicted molar refractivity (Wildman–Crippen MR) is 52.6 cm³/mol. The summed E-state index contributed by atoms with van der Waals surface area (Å²) < 4.78 is 31.6. The van der Waals surface area contributed by atoms with Crippen molar-refractivity contribution < 1.29 is 27.4 Å². The van der Waals surface area contributed by atoms with Crippen LogP contribution in [0.1, 0.15) is 10.4 Å². The molecule has 8 heteroatoms. The van der Waals surface area contributed by atoms with E-state index in [9.17, 15) is 4.79 Å². The molecule has 0 aromatic heterocycles. The highest BCUT2D eigenvalue weighted by molar-refractivity contribution is 7.79. The topological polar surface area (TPSA) is 147 Å². The van der Waals surface area contributed by atoms with E-state index in [1.54, 1.807) is 30.3 Å². The van der Waals surface area contributed by atoms with Crippen molar-refractivity contribution in [2.45, 2.75) is 0 Å². The van der Waals surface area contributed by atoms with Gasteiger partial charge in [-0.05, 0) is 12.1 Å². The third kappa shape index (κ3) is 12.5. The third-order valence-electron chi connectivity index (χ3n) is 1.02. The van der Waals surface area contributed by atoms with Crippen molar-refractivity contribution in [2.24, 2.45) is 0 Å². The van der Waals surface area contributed by atoms with E-state index in [-0.39, 0.29) is 6.15 Å². The van der Waals surface area contributed by atoms with E-state index in [0.717, 1.165) is 0 Å². The van der Waals surface area contributed by atoms with Gasteiger partial charge in [-0.25, -0.2) is 4.79 Å². The van der Waals surface area contributed by atoms with E-state index in [4.69, 9.17) is 22.6 Å². The summed E-state index contributed by atoms with van der Waals surface area (Å²) in [7, 11) is -4.67. The number of hydrogen-bond donors (Lipinski definition) is 4. The van der Waals surface area contributed by atoms with Crippen LogP contribution in [-0.2, 0) is 10.4 Å². The Morgan fingerprint density at radius 2 is 1.40 bits per heavy atom. The Kier molecular flexibility index (Phi) is 7.34. The first kappa shape index (κ1) is 16.0. The summed E-state index contributed by atoms with van der Waals surface area (Å²) in [6, 6.07) is 8.30. The average molecular weight is 237 g/mol. The second-order valence-electron chi connectivity index (χ2n) is 2.12. The van der Waals surface area contributed by atoms with Crippen LogP contribution in [0.25, 0.3) is 0 Å². The van der Waals surface area contributed by atoms with Gasteiger partial charge in [0.2, 0.25) is 0 Å². The number of hydrogen-bond acceptors (Lipinski definition) is 4. The van der Waals surface area contributed by atoms with Gasteiger partial charge in [0.1, 0.15) is 0 Å². The molecule has 0 atom stereocenters. The molecule has 0 bridgehead atoms. The van der Waals surface area contributed by atoms with Crippen LogP contribution in [0.4, 0.5) is 0 Å². The first-order chi connectivity index (χ1) is 6.30. The molecular formula is C7H11NO6S. The molecular weight excluding hydrogens is 226 g/mol. The van der Waals surface area contributed by atoms with Crippen molar-refractivity contribution in [1.29, 1.82) is 0 Å². The monoisotopic (exact) mass is 237 g/mol. The Morgan fingerprint density at radius 1 is 1.07 bits per heavy atom. The van der Waals surface area contributed by atoms with Gasteiger partial charge in [0.05, 0.1) is 5.56 Å². The Labute approximate surface area is 86.5 Å². The van der Waals surface area contributed by atoms with Crippen molar-refractivity contribution in [2.75, 3.05) is 0 Å². The molecule has 0 spiro atoms. The zero-order valence-electron chi connectivity index (χ0n) is 7.57. The van der Waals surface area contributed by atoms with Gasteiger partial charge in [-0.3, -0.25) is 9.11 Å². The fraction of sp³-hybridized carbons (Fsp3) is 0. The van der Waals surface area contributed by atoms with Gasteiger partial charge in [0.25, 0.3) is 0 Å². The van der Waals surface area contributed by atoms with Gasteiger partial charge in [0.15, 0.2) is 0 Å². The molecule has 0 amide bonds. The Bertz CT molecular complexity index is 379. The van der Waals surface area contributed by atoms with E-state index in [1.807, 2.05) is 0 Å². The molecule has 0 aliphatic heterocycles. The van der Waals surface area contributed by atoms with Gasteiger partial charge in [-0.1, -0.05) is 18.2 Å². The largest absolute Gasteiger partial charge is 0.478 e. The highest BCUT2D eigenvalue weighted by Crippen LogP contribution is 1.96. The summed E-state index contributed by atoms with van der Waals surface area (Å²) in [6.07, 6.45) is 0. The average Bonchev–Trinajstić information content (AvgIpc) is 2.03. The first-order valence-corrected chi connectivity index (χ1v) is 4.68. The maximum absolute atomic E-state index is 10.2. The van der Waals surface area contributed by atoms with Crippen LogP contribution in [0.3, 0.4) is 0 Å². The van der Waals surface area contributed by atoms with Crippen LogP contribution in [0.15, 0.2) is 30.3 Å². The van der Waals surface area contributed by atoms with Crippen molar-refractivity contribution in [3.05, 3.63) is 35.9 Å². The molecule has 0 aliphatic rings. The standard InChI is InChI=1S/C7H6O2.H3N.H2O4S/c8-7(9)6-4-2-1-3-5-6;;1-5(2,3)4/h1-5H,(H,8,9);1H3;(H2,1,2,3,4). The molecule has 86 valence electrons. The van der Waals surface area contributed by atoms with Crippen LogP contribution in [0.5, 0.6) is 0 Å². The molecule has 15 heavy (non-hydrogen) atoms. The van der Waals surface area contributed by atoms with Crippen molar-refractivity contribution in [1.82, 2.24) is 6.15 Å². The molecule has 0 radical (unpaired) electrons. The fourth-order valence-electron chi connectivity index (χ4n) is 0.581. The minimum atomic E-state index is -4.67. The van der Waals surface area contributed by atoms with Crippen LogP contribution in [0, 0.1) is 0 Å². The van der Waals surface area contributed by atoms with E-state index >= 15 is 0 Å². The molecule has 0 heterocycles. The summed E-state index contributed by atoms with van der Waals surface area (Å²) >= 11 is 0. The lowest BCUT2D eigenvalue weighted by atomic mass is 10.2. The van der Waals surface area contributed by atoms with E-state index < -0.39 is 16.4 Å². The lowest BCUT2D eigenvalue weighted by Gasteiger charge is -1.88. The minimum absolute atomic E-state index is 0. The van der Waals surface area contributed by atoms with Crippen molar-refractivity contribution in [3.63, 3.8) is 0 Å². The molecule has 6 N–H and O–H groups in total. The smallest absolute Gasteiger partial charge is 0.394 e. The lowest BCUT2D eigenvalue weighted by Crippen LogP contribution is -1.93. The minimum Gasteiger partial charge on any atom is -0.478 e. The zero-order valence-corrected chi connectivity index (χ0v) is 8.38. The number of carboxylic acids is 1. The number of benzene rings is 1. The summed E-state index contributed by atoms with van der Waals surface area (Å²) in [5, 5.41) is 8.38. The fourth-order valence-corrected chi connectivity index (χ4v) is 0.581. The molecule has 7 nitrogen and oxygen atoms in total. The van der Waals surface area contributed by atoms with E-state index in [2.05, 4.69) is 0 Å². The van der Waals surface area contributed by atoms with Crippen LogP contribution in [-0.4, -0.2) is 28.6 Å². The first-order valence-electron chi connectivity index (χ1n) is 3.29. The highest BCUT2D eigenvalue weighted by Gasteiger charge is 1.96. The summed E-state index contributed by atoms with van der Waals surface area (Å²) in [4.78, 5) is 10.2. The molecule has 0 fully saturated rings. The summed E-state index contributed by atoms with van der Waals surface area (Å²) in [6.45, 7) is 0. The molecule has 0 saturated heterocycles. The highest BCUT2D eigenvalue weighted by atomic mass is 32.3. The Balaban J connectivity index is 0. The third-order valence-corrected chi connectivity index (χ3v) is 1.02. The van der Waals surface area contributed by atoms with Gasteiger partial charge in [-0.15, -0.1) is 0 Å². The maximum Gasteiger partial charge on any atom is 0.394 e.